The van der Waals surface area contributed by atoms with Crippen LogP contribution in [-0.2, 0) is 9.53 Å². The molecule has 0 spiro atoms. The van der Waals surface area contributed by atoms with Crippen molar-refractivity contribution in [1.29, 1.82) is 0 Å². The predicted octanol–water partition coefficient (Wildman–Crippen LogP) is 1.98. The van der Waals surface area contributed by atoms with Gasteiger partial charge in [-0.15, -0.1) is 0 Å². The summed E-state index contributed by atoms with van der Waals surface area (Å²) in [7, 11) is 0. The van der Waals surface area contributed by atoms with Crippen LogP contribution < -0.4 is 16.2 Å². The molecule has 5 N–H and O–H groups in total. The minimum Gasteiger partial charge on any atom is -0.491 e. The Morgan fingerprint density at radius 2 is 1.78 bits per heavy atom. The van der Waals surface area contributed by atoms with Crippen molar-refractivity contribution in [3.63, 3.8) is 0 Å². The first-order valence-electron chi connectivity index (χ1n) is 9.23. The second-order valence-corrected chi connectivity index (χ2v) is 5.72. The van der Waals surface area contributed by atoms with Gasteiger partial charge in [0.15, 0.2) is 0 Å². The summed E-state index contributed by atoms with van der Waals surface area (Å²) in [5.41, 5.74) is 11.4. The molecule has 0 amide bonds. The van der Waals surface area contributed by atoms with Crippen LogP contribution in [0.4, 0.5) is 5.69 Å². The summed E-state index contributed by atoms with van der Waals surface area (Å²) in [4.78, 5) is 23.5. The fourth-order valence-electron chi connectivity index (χ4n) is 2.00. The molecule has 0 bridgehead atoms. The SMILES string of the molecule is CCCCOc1cc(C(=O)OCCN(CC)CC)ccc1N.NCC(=O)O. The minimum absolute atomic E-state index is 0.278. The van der Waals surface area contributed by atoms with Gasteiger partial charge in [0.25, 0.3) is 0 Å². The van der Waals surface area contributed by atoms with Crippen molar-refractivity contribution in [2.75, 3.05) is 45.1 Å². The molecule has 27 heavy (non-hydrogen) atoms. The molecule has 0 fully saturated rings. The average Bonchev–Trinajstić information content (AvgIpc) is 2.67. The minimum atomic E-state index is -0.968. The Hall–Kier alpha value is -2.32. The summed E-state index contributed by atoms with van der Waals surface area (Å²) in [6, 6.07) is 5.01. The van der Waals surface area contributed by atoms with E-state index < -0.39 is 5.97 Å². The van der Waals surface area contributed by atoms with Crippen molar-refractivity contribution in [3.05, 3.63) is 23.8 Å². The molecular weight excluding hydrogens is 350 g/mol. The van der Waals surface area contributed by atoms with Crippen LogP contribution in [0, 0.1) is 0 Å². The van der Waals surface area contributed by atoms with E-state index in [1.807, 2.05) is 0 Å². The molecule has 0 saturated heterocycles. The number of carboxylic acid groups (broad SMARTS) is 1. The molecule has 0 heterocycles. The molecule has 0 aliphatic heterocycles. The molecule has 0 radical (unpaired) electrons. The highest BCUT2D eigenvalue weighted by Crippen LogP contribution is 2.23. The third-order valence-electron chi connectivity index (χ3n) is 3.71. The molecular formula is C19H33N3O5. The van der Waals surface area contributed by atoms with Gasteiger partial charge in [-0.2, -0.15) is 0 Å². The monoisotopic (exact) mass is 383 g/mol. The quantitative estimate of drug-likeness (QED) is 0.301. The van der Waals surface area contributed by atoms with E-state index in [-0.39, 0.29) is 12.5 Å². The van der Waals surface area contributed by atoms with E-state index in [4.69, 9.17) is 20.3 Å². The highest BCUT2D eigenvalue weighted by Gasteiger charge is 2.11. The van der Waals surface area contributed by atoms with E-state index in [1.54, 1.807) is 18.2 Å². The molecule has 1 aromatic rings. The van der Waals surface area contributed by atoms with Gasteiger partial charge in [0, 0.05) is 6.54 Å². The molecule has 154 valence electrons. The summed E-state index contributed by atoms with van der Waals surface area (Å²) >= 11 is 0. The van der Waals surface area contributed by atoms with Gasteiger partial charge in [-0.05, 0) is 37.7 Å². The highest BCUT2D eigenvalue weighted by molar-refractivity contribution is 5.90. The molecule has 8 heteroatoms. The van der Waals surface area contributed by atoms with Crippen LogP contribution in [0.5, 0.6) is 5.75 Å². The number of likely N-dealkylation sites (N-methyl/N-ethyl adjacent to an activating group) is 1. The highest BCUT2D eigenvalue weighted by atomic mass is 16.5. The topological polar surface area (TPSA) is 128 Å². The van der Waals surface area contributed by atoms with E-state index >= 15 is 0 Å². The van der Waals surface area contributed by atoms with Gasteiger partial charge >= 0.3 is 11.9 Å². The lowest BCUT2D eigenvalue weighted by Gasteiger charge is -2.17. The van der Waals surface area contributed by atoms with E-state index in [0.717, 1.165) is 32.5 Å². The number of carbonyl (C=O) groups excluding carboxylic acids is 1. The number of rotatable bonds is 11. The Kier molecular flexibility index (Phi) is 13.5. The third-order valence-corrected chi connectivity index (χ3v) is 3.71. The number of benzene rings is 1. The van der Waals surface area contributed by atoms with Gasteiger partial charge in [0.2, 0.25) is 0 Å². The number of unbranched alkanes of at least 4 members (excludes halogenated alkanes) is 1. The second-order valence-electron chi connectivity index (χ2n) is 5.72. The molecule has 0 unspecified atom stereocenters. The zero-order chi connectivity index (χ0) is 20.7. The van der Waals surface area contributed by atoms with Crippen LogP contribution in [0.2, 0.25) is 0 Å². The number of anilines is 1. The van der Waals surface area contributed by atoms with Crippen LogP contribution in [-0.4, -0.2) is 61.3 Å². The number of carboxylic acids is 1. The Morgan fingerprint density at radius 3 is 2.30 bits per heavy atom. The Morgan fingerprint density at radius 1 is 1.15 bits per heavy atom. The van der Waals surface area contributed by atoms with Gasteiger partial charge in [0.1, 0.15) is 12.4 Å². The zero-order valence-corrected chi connectivity index (χ0v) is 16.6. The van der Waals surface area contributed by atoms with Crippen LogP contribution >= 0.6 is 0 Å². The summed E-state index contributed by atoms with van der Waals surface area (Å²) in [6.07, 6.45) is 2.00. The molecule has 0 saturated carbocycles. The maximum atomic E-state index is 12.1. The van der Waals surface area contributed by atoms with E-state index in [2.05, 4.69) is 31.4 Å². The first-order chi connectivity index (χ1) is 12.9. The molecule has 1 rings (SSSR count). The van der Waals surface area contributed by atoms with Crippen molar-refractivity contribution in [3.8, 4) is 5.75 Å². The molecule has 1 aromatic carbocycles. The number of esters is 1. The molecule has 0 aliphatic rings. The lowest BCUT2D eigenvalue weighted by Crippen LogP contribution is -2.27. The third kappa shape index (κ3) is 11.1. The van der Waals surface area contributed by atoms with Crippen molar-refractivity contribution >= 4 is 17.6 Å². The summed E-state index contributed by atoms with van der Waals surface area (Å²) in [6.45, 7) is 9.62. The largest absolute Gasteiger partial charge is 0.491 e. The predicted molar refractivity (Wildman–Crippen MR) is 106 cm³/mol. The standard InChI is InChI=1S/C17H28N2O3.C2H5NO2/c1-4-7-11-21-16-13-14(8-9-15(16)18)17(20)22-12-10-19(5-2)6-3;3-1-2(4)5/h8-9,13H,4-7,10-12,18H2,1-3H3;1,3H2,(H,4,5). The second kappa shape index (κ2) is 14.8. The normalized spacial score (nSPS) is 10.1. The van der Waals surface area contributed by atoms with Gasteiger partial charge in [-0.1, -0.05) is 27.2 Å². The van der Waals surface area contributed by atoms with Crippen LogP contribution in [0.15, 0.2) is 18.2 Å². The Balaban J connectivity index is 0.00000119. The fraction of sp³-hybridized carbons (Fsp3) is 0.579. The van der Waals surface area contributed by atoms with Gasteiger partial charge in [0.05, 0.1) is 24.4 Å². The summed E-state index contributed by atoms with van der Waals surface area (Å²) < 4.78 is 10.9. The van der Waals surface area contributed by atoms with Crippen LogP contribution in [0.25, 0.3) is 0 Å². The maximum Gasteiger partial charge on any atom is 0.338 e. The number of hydrogen-bond donors (Lipinski definition) is 3. The average molecular weight is 383 g/mol. The molecule has 8 nitrogen and oxygen atoms in total. The number of nitrogens with zero attached hydrogens (tertiary/aromatic N) is 1. The van der Waals surface area contributed by atoms with Crippen molar-refractivity contribution in [2.45, 2.75) is 33.6 Å². The molecule has 0 aliphatic carbocycles. The Labute approximate surface area is 161 Å². The first kappa shape index (κ1) is 24.7. The van der Waals surface area contributed by atoms with Gasteiger partial charge in [-0.25, -0.2) is 4.79 Å². The van der Waals surface area contributed by atoms with Gasteiger partial charge < -0.3 is 30.9 Å². The maximum absolute atomic E-state index is 12.1. The van der Waals surface area contributed by atoms with E-state index in [9.17, 15) is 9.59 Å². The number of nitrogens with two attached hydrogens (primary N) is 2. The smallest absolute Gasteiger partial charge is 0.338 e. The van der Waals surface area contributed by atoms with Crippen molar-refractivity contribution in [1.82, 2.24) is 4.90 Å². The number of ether oxygens (including phenoxy) is 2. The fourth-order valence-corrected chi connectivity index (χ4v) is 2.00. The Bertz CT molecular complexity index is 562. The summed E-state index contributed by atoms with van der Waals surface area (Å²) in [5, 5.41) is 7.60. The van der Waals surface area contributed by atoms with E-state index in [1.165, 1.54) is 0 Å². The summed E-state index contributed by atoms with van der Waals surface area (Å²) in [5.74, 6) is -0.760. The zero-order valence-electron chi connectivity index (χ0n) is 16.6. The number of hydrogen-bond acceptors (Lipinski definition) is 7. The molecule has 0 atom stereocenters. The lowest BCUT2D eigenvalue weighted by atomic mass is 10.2. The first-order valence-corrected chi connectivity index (χ1v) is 9.23. The van der Waals surface area contributed by atoms with Crippen LogP contribution in [0.1, 0.15) is 44.0 Å². The van der Waals surface area contributed by atoms with Crippen molar-refractivity contribution < 1.29 is 24.2 Å². The van der Waals surface area contributed by atoms with Crippen LogP contribution in [0.3, 0.4) is 0 Å². The lowest BCUT2D eigenvalue weighted by molar-refractivity contribution is -0.135. The number of carbonyl (C=O) groups is 2. The van der Waals surface area contributed by atoms with Crippen molar-refractivity contribution in [2.24, 2.45) is 5.73 Å². The van der Waals surface area contributed by atoms with Gasteiger partial charge in [-0.3, -0.25) is 4.79 Å². The number of nitrogen functional groups attached to an aromatic ring is 1. The molecule has 0 aromatic heterocycles. The van der Waals surface area contributed by atoms with E-state index in [0.29, 0.717) is 30.2 Å². The number of aliphatic carboxylic acids is 1.